The Labute approximate surface area is 169 Å². The Kier molecular flexibility index (Phi) is 5.65. The fourth-order valence-electron chi connectivity index (χ4n) is 3.58. The highest BCUT2D eigenvalue weighted by Gasteiger charge is 2.29. The Balaban J connectivity index is 1.37. The molecule has 0 saturated carbocycles. The number of nitrogens with one attached hydrogen (secondary N) is 2. The van der Waals surface area contributed by atoms with E-state index in [1.807, 2.05) is 42.5 Å². The lowest BCUT2D eigenvalue weighted by atomic mass is 9.96. The quantitative estimate of drug-likeness (QED) is 0.702. The van der Waals surface area contributed by atoms with Crippen LogP contribution in [0.4, 0.5) is 0 Å². The van der Waals surface area contributed by atoms with Crippen LogP contribution >= 0.6 is 0 Å². The van der Waals surface area contributed by atoms with Crippen molar-refractivity contribution in [1.82, 2.24) is 25.4 Å². The number of piperidine rings is 1. The lowest BCUT2D eigenvalue weighted by molar-refractivity contribution is -0.126. The minimum Gasteiger partial charge on any atom is -0.352 e. The summed E-state index contributed by atoms with van der Waals surface area (Å²) in [7, 11) is 0. The van der Waals surface area contributed by atoms with Crippen LogP contribution in [0.1, 0.15) is 28.9 Å². The van der Waals surface area contributed by atoms with Crippen molar-refractivity contribution in [2.45, 2.75) is 19.4 Å². The number of benzene rings is 1. The van der Waals surface area contributed by atoms with Gasteiger partial charge in [0.25, 0.3) is 5.91 Å². The number of carbonyl (C=O) groups is 2. The van der Waals surface area contributed by atoms with Gasteiger partial charge in [0.1, 0.15) is 5.69 Å². The zero-order valence-electron chi connectivity index (χ0n) is 16.0. The number of likely N-dealkylation sites (tertiary alicyclic amines) is 1. The molecule has 1 aliphatic rings. The molecule has 7 nitrogen and oxygen atoms in total. The van der Waals surface area contributed by atoms with Crippen LogP contribution in [-0.2, 0) is 11.3 Å². The predicted molar refractivity (Wildman–Crippen MR) is 109 cm³/mol. The van der Waals surface area contributed by atoms with E-state index < -0.39 is 0 Å². The largest absolute Gasteiger partial charge is 0.352 e. The van der Waals surface area contributed by atoms with E-state index >= 15 is 0 Å². The molecule has 0 spiro atoms. The molecule has 1 aliphatic heterocycles. The second kappa shape index (κ2) is 8.68. The Hall–Kier alpha value is -3.48. The van der Waals surface area contributed by atoms with Gasteiger partial charge in [0.05, 0.1) is 11.6 Å². The third-order valence-corrected chi connectivity index (χ3v) is 5.17. The summed E-state index contributed by atoms with van der Waals surface area (Å²) in [6.07, 6.45) is 4.97. The molecule has 7 heteroatoms. The summed E-state index contributed by atoms with van der Waals surface area (Å²) in [5, 5.41) is 10.1. The standard InChI is InChI=1S/C22H23N5O2/c28-21(24-14-16-5-2-1-3-6-16)18-7-4-12-27(15-18)22(29)20-13-19(25-26-20)17-8-10-23-11-9-17/h1-3,5-6,8-11,13,18H,4,7,12,14-15H2,(H,24,28)(H,25,26)/t18-/m1/s1. The van der Waals surface area contributed by atoms with Crippen molar-refractivity contribution >= 4 is 11.8 Å². The van der Waals surface area contributed by atoms with Gasteiger partial charge in [-0.05, 0) is 36.6 Å². The number of hydrogen-bond acceptors (Lipinski definition) is 4. The van der Waals surface area contributed by atoms with Crippen LogP contribution in [0.25, 0.3) is 11.3 Å². The van der Waals surface area contributed by atoms with Crippen molar-refractivity contribution in [3.05, 3.63) is 72.2 Å². The average molecular weight is 389 g/mol. The van der Waals surface area contributed by atoms with Crippen LogP contribution in [0.15, 0.2) is 60.9 Å². The van der Waals surface area contributed by atoms with Gasteiger partial charge >= 0.3 is 0 Å². The molecule has 29 heavy (non-hydrogen) atoms. The molecule has 4 rings (SSSR count). The van der Waals surface area contributed by atoms with Crippen molar-refractivity contribution in [3.63, 3.8) is 0 Å². The Morgan fingerprint density at radius 2 is 1.93 bits per heavy atom. The zero-order valence-corrected chi connectivity index (χ0v) is 16.0. The first kappa shape index (κ1) is 18.9. The summed E-state index contributed by atoms with van der Waals surface area (Å²) in [4.78, 5) is 31.2. The van der Waals surface area contributed by atoms with Crippen molar-refractivity contribution in [2.24, 2.45) is 5.92 Å². The smallest absolute Gasteiger partial charge is 0.271 e. The third-order valence-electron chi connectivity index (χ3n) is 5.17. The number of nitrogens with zero attached hydrogens (tertiary/aromatic N) is 3. The van der Waals surface area contributed by atoms with Gasteiger partial charge in [-0.25, -0.2) is 0 Å². The molecule has 148 valence electrons. The van der Waals surface area contributed by atoms with E-state index in [0.29, 0.717) is 31.0 Å². The molecule has 1 saturated heterocycles. The summed E-state index contributed by atoms with van der Waals surface area (Å²) < 4.78 is 0. The molecule has 0 radical (unpaired) electrons. The van der Waals surface area contributed by atoms with Crippen LogP contribution in [-0.4, -0.2) is 45.0 Å². The highest BCUT2D eigenvalue weighted by atomic mass is 16.2. The monoisotopic (exact) mass is 389 g/mol. The summed E-state index contributed by atoms with van der Waals surface area (Å²) in [6, 6.07) is 15.3. The number of H-pyrrole nitrogens is 1. The number of hydrogen-bond donors (Lipinski definition) is 2. The number of aromatic amines is 1. The first-order valence-electron chi connectivity index (χ1n) is 9.77. The van der Waals surface area contributed by atoms with Gasteiger partial charge in [-0.1, -0.05) is 30.3 Å². The van der Waals surface area contributed by atoms with Crippen molar-refractivity contribution < 1.29 is 9.59 Å². The first-order chi connectivity index (χ1) is 14.2. The van der Waals surface area contributed by atoms with Crippen molar-refractivity contribution in [1.29, 1.82) is 0 Å². The van der Waals surface area contributed by atoms with Gasteiger partial charge in [-0.2, -0.15) is 5.10 Å². The fourth-order valence-corrected chi connectivity index (χ4v) is 3.58. The number of amides is 2. The summed E-state index contributed by atoms with van der Waals surface area (Å²) in [6.45, 7) is 1.56. The van der Waals surface area contributed by atoms with Crippen LogP contribution < -0.4 is 5.32 Å². The van der Waals surface area contributed by atoms with Gasteiger partial charge in [0, 0.05) is 37.6 Å². The predicted octanol–water partition coefficient (Wildman–Crippen LogP) is 2.64. The Morgan fingerprint density at radius 1 is 1.14 bits per heavy atom. The highest BCUT2D eigenvalue weighted by molar-refractivity contribution is 5.94. The SMILES string of the molecule is O=C(NCc1ccccc1)[C@@H]1CCCN(C(=O)c2cc(-c3ccncc3)n[nH]2)C1. The summed E-state index contributed by atoms with van der Waals surface area (Å²) >= 11 is 0. The molecule has 1 aromatic carbocycles. The van der Waals surface area contributed by atoms with Gasteiger partial charge in [-0.15, -0.1) is 0 Å². The molecule has 1 atom stereocenters. The van der Waals surface area contributed by atoms with Gasteiger partial charge in [0.2, 0.25) is 5.91 Å². The number of aromatic nitrogens is 3. The molecule has 2 N–H and O–H groups in total. The normalized spacial score (nSPS) is 16.4. The third kappa shape index (κ3) is 4.51. The maximum Gasteiger partial charge on any atom is 0.271 e. The lowest BCUT2D eigenvalue weighted by Crippen LogP contribution is -2.45. The number of carbonyl (C=O) groups excluding carboxylic acids is 2. The molecular weight excluding hydrogens is 366 g/mol. The number of rotatable bonds is 5. The number of pyridine rings is 1. The molecule has 2 aromatic heterocycles. The van der Waals surface area contributed by atoms with Crippen molar-refractivity contribution in [3.8, 4) is 11.3 Å². The first-order valence-corrected chi connectivity index (χ1v) is 9.77. The van der Waals surface area contributed by atoms with Crippen molar-refractivity contribution in [2.75, 3.05) is 13.1 Å². The highest BCUT2D eigenvalue weighted by Crippen LogP contribution is 2.21. The Morgan fingerprint density at radius 3 is 2.72 bits per heavy atom. The van der Waals surface area contributed by atoms with Gasteiger partial charge in [-0.3, -0.25) is 19.7 Å². The second-order valence-electron chi connectivity index (χ2n) is 7.20. The van der Waals surface area contributed by atoms with E-state index in [2.05, 4.69) is 20.5 Å². The van der Waals surface area contributed by atoms with Gasteiger partial charge < -0.3 is 10.2 Å². The van der Waals surface area contributed by atoms with E-state index in [0.717, 1.165) is 24.0 Å². The molecule has 3 aromatic rings. The van der Waals surface area contributed by atoms with E-state index in [-0.39, 0.29) is 17.7 Å². The molecule has 0 bridgehead atoms. The topological polar surface area (TPSA) is 91.0 Å². The molecule has 1 fully saturated rings. The molecular formula is C22H23N5O2. The minimum absolute atomic E-state index is 0.00608. The fraction of sp³-hybridized carbons (Fsp3) is 0.273. The van der Waals surface area contributed by atoms with E-state index in [9.17, 15) is 9.59 Å². The maximum atomic E-state index is 12.9. The van der Waals surface area contributed by atoms with Crippen LogP contribution in [0.3, 0.4) is 0 Å². The minimum atomic E-state index is -0.195. The second-order valence-corrected chi connectivity index (χ2v) is 7.20. The molecule has 0 aliphatic carbocycles. The Bertz CT molecular complexity index is 971. The lowest BCUT2D eigenvalue weighted by Gasteiger charge is -2.31. The van der Waals surface area contributed by atoms with Crippen LogP contribution in [0.5, 0.6) is 0 Å². The summed E-state index contributed by atoms with van der Waals surface area (Å²) in [5.41, 5.74) is 3.09. The summed E-state index contributed by atoms with van der Waals surface area (Å²) in [5.74, 6) is -0.328. The average Bonchev–Trinajstić information content (AvgIpc) is 3.29. The zero-order chi connectivity index (χ0) is 20.1. The molecule has 2 amide bonds. The van der Waals surface area contributed by atoms with E-state index in [4.69, 9.17) is 0 Å². The molecule has 3 heterocycles. The van der Waals surface area contributed by atoms with Gasteiger partial charge in [0.15, 0.2) is 0 Å². The van der Waals surface area contributed by atoms with Crippen LogP contribution in [0.2, 0.25) is 0 Å². The maximum absolute atomic E-state index is 12.9. The van der Waals surface area contributed by atoms with E-state index in [1.54, 1.807) is 23.4 Å². The molecule has 0 unspecified atom stereocenters. The van der Waals surface area contributed by atoms with E-state index in [1.165, 1.54) is 0 Å². The van der Waals surface area contributed by atoms with Crippen LogP contribution in [0, 0.1) is 5.92 Å².